The van der Waals surface area contributed by atoms with Gasteiger partial charge in [0.1, 0.15) is 10.8 Å². The summed E-state index contributed by atoms with van der Waals surface area (Å²) in [6.07, 6.45) is 1.70. The van der Waals surface area contributed by atoms with E-state index in [0.29, 0.717) is 5.69 Å². The largest absolute Gasteiger partial charge is 0.397 e. The Labute approximate surface area is 115 Å². The van der Waals surface area contributed by atoms with Crippen LogP contribution < -0.4 is 15.5 Å². The highest BCUT2D eigenvalue weighted by Crippen LogP contribution is 2.22. The topological polar surface area (TPSA) is 71.2 Å². The Bertz CT molecular complexity index is 544. The lowest BCUT2D eigenvalue weighted by Gasteiger charge is -2.35. The van der Waals surface area contributed by atoms with Crippen LogP contribution in [0, 0.1) is 6.92 Å². The second kappa shape index (κ2) is 5.00. The number of anilines is 3. The first kappa shape index (κ1) is 12.2. The van der Waals surface area contributed by atoms with Crippen LogP contribution in [0.2, 0.25) is 0 Å². The SMILES string of the molecule is Cc1nnc(N2CCN(c3ccc(N)cn3)CC2)s1. The zero-order valence-corrected chi connectivity index (χ0v) is 11.6. The average Bonchev–Trinajstić information content (AvgIpc) is 2.87. The van der Waals surface area contributed by atoms with E-state index >= 15 is 0 Å². The van der Waals surface area contributed by atoms with E-state index in [2.05, 4.69) is 25.0 Å². The van der Waals surface area contributed by atoms with E-state index in [1.54, 1.807) is 17.5 Å². The van der Waals surface area contributed by atoms with Gasteiger partial charge in [-0.1, -0.05) is 11.3 Å². The molecule has 2 N–H and O–H groups in total. The maximum absolute atomic E-state index is 5.65. The molecule has 2 aromatic rings. The number of pyridine rings is 1. The second-order valence-electron chi connectivity index (χ2n) is 4.53. The minimum absolute atomic E-state index is 0.701. The summed E-state index contributed by atoms with van der Waals surface area (Å²) in [5.41, 5.74) is 6.35. The summed E-state index contributed by atoms with van der Waals surface area (Å²) in [5, 5.41) is 10.3. The van der Waals surface area contributed by atoms with Crippen LogP contribution in [0.25, 0.3) is 0 Å². The predicted octanol–water partition coefficient (Wildman–Crippen LogP) is 1.15. The van der Waals surface area contributed by atoms with Crippen LogP contribution in [-0.2, 0) is 0 Å². The molecule has 0 unspecified atom stereocenters. The summed E-state index contributed by atoms with van der Waals surface area (Å²) in [6.45, 7) is 5.75. The summed E-state index contributed by atoms with van der Waals surface area (Å²) in [4.78, 5) is 8.90. The number of piperazine rings is 1. The molecular weight excluding hydrogens is 260 g/mol. The van der Waals surface area contributed by atoms with Gasteiger partial charge in [-0.15, -0.1) is 10.2 Å². The van der Waals surface area contributed by atoms with Gasteiger partial charge in [-0.25, -0.2) is 4.98 Å². The molecule has 1 aliphatic rings. The lowest BCUT2D eigenvalue weighted by atomic mass is 10.3. The number of rotatable bonds is 2. The lowest BCUT2D eigenvalue weighted by Crippen LogP contribution is -2.46. The van der Waals surface area contributed by atoms with Crippen molar-refractivity contribution in [2.45, 2.75) is 6.92 Å². The van der Waals surface area contributed by atoms with Crippen LogP contribution in [0.4, 0.5) is 16.6 Å². The summed E-state index contributed by atoms with van der Waals surface area (Å²) in [6, 6.07) is 3.86. The molecule has 0 radical (unpaired) electrons. The molecule has 0 aromatic carbocycles. The number of nitrogens with two attached hydrogens (primary N) is 1. The molecular formula is C12H16N6S. The Hall–Kier alpha value is -1.89. The molecule has 6 nitrogen and oxygen atoms in total. The highest BCUT2D eigenvalue weighted by molar-refractivity contribution is 7.15. The Morgan fingerprint density at radius 2 is 1.84 bits per heavy atom. The fourth-order valence-corrected chi connectivity index (χ4v) is 2.86. The first-order chi connectivity index (χ1) is 9.22. The molecule has 7 heteroatoms. The van der Waals surface area contributed by atoms with E-state index in [4.69, 9.17) is 5.73 Å². The van der Waals surface area contributed by atoms with E-state index < -0.39 is 0 Å². The standard InChI is InChI=1S/C12H16N6S/c1-9-15-16-12(19-9)18-6-4-17(5-7-18)11-3-2-10(13)8-14-11/h2-3,8H,4-7,13H2,1H3. The van der Waals surface area contributed by atoms with E-state index in [1.165, 1.54) is 0 Å². The van der Waals surface area contributed by atoms with Crippen LogP contribution in [0.15, 0.2) is 18.3 Å². The predicted molar refractivity (Wildman–Crippen MR) is 77.7 cm³/mol. The maximum atomic E-state index is 5.65. The Morgan fingerprint density at radius 1 is 1.11 bits per heavy atom. The van der Waals surface area contributed by atoms with E-state index in [-0.39, 0.29) is 0 Å². The first-order valence-electron chi connectivity index (χ1n) is 6.24. The number of aryl methyl sites for hydroxylation is 1. The first-order valence-corrected chi connectivity index (χ1v) is 7.05. The van der Waals surface area contributed by atoms with Crippen LogP contribution in [0.1, 0.15) is 5.01 Å². The molecule has 1 fully saturated rings. The molecule has 2 aromatic heterocycles. The Kier molecular flexibility index (Phi) is 3.20. The fourth-order valence-electron chi connectivity index (χ4n) is 2.13. The minimum Gasteiger partial charge on any atom is -0.397 e. The Morgan fingerprint density at radius 3 is 2.42 bits per heavy atom. The molecule has 19 heavy (non-hydrogen) atoms. The minimum atomic E-state index is 0.701. The molecule has 3 heterocycles. The summed E-state index contributed by atoms with van der Waals surface area (Å²) in [7, 11) is 0. The molecule has 0 atom stereocenters. The van der Waals surface area contributed by atoms with Gasteiger partial charge in [0, 0.05) is 26.2 Å². The third-order valence-electron chi connectivity index (χ3n) is 3.16. The van der Waals surface area contributed by atoms with Gasteiger partial charge in [0.2, 0.25) is 5.13 Å². The third kappa shape index (κ3) is 2.60. The van der Waals surface area contributed by atoms with Crippen molar-refractivity contribution in [3.8, 4) is 0 Å². The number of aromatic nitrogens is 3. The zero-order valence-electron chi connectivity index (χ0n) is 10.8. The number of hydrogen-bond donors (Lipinski definition) is 1. The average molecular weight is 276 g/mol. The van der Waals surface area contributed by atoms with Crippen molar-refractivity contribution in [1.82, 2.24) is 15.2 Å². The summed E-state index contributed by atoms with van der Waals surface area (Å²) < 4.78 is 0. The van der Waals surface area contributed by atoms with Crippen molar-refractivity contribution in [3.63, 3.8) is 0 Å². The van der Waals surface area contributed by atoms with Gasteiger partial charge in [-0.05, 0) is 19.1 Å². The fraction of sp³-hybridized carbons (Fsp3) is 0.417. The van der Waals surface area contributed by atoms with Gasteiger partial charge < -0.3 is 15.5 Å². The van der Waals surface area contributed by atoms with Gasteiger partial charge in [0.25, 0.3) is 0 Å². The summed E-state index contributed by atoms with van der Waals surface area (Å²) >= 11 is 1.65. The molecule has 3 rings (SSSR count). The number of nitrogens with zero attached hydrogens (tertiary/aromatic N) is 5. The molecule has 1 aliphatic heterocycles. The van der Waals surface area contributed by atoms with E-state index in [1.807, 2.05) is 19.1 Å². The van der Waals surface area contributed by atoms with Crippen molar-refractivity contribution in [1.29, 1.82) is 0 Å². The summed E-state index contributed by atoms with van der Waals surface area (Å²) in [5.74, 6) is 0.988. The Balaban J connectivity index is 1.64. The van der Waals surface area contributed by atoms with E-state index in [9.17, 15) is 0 Å². The lowest BCUT2D eigenvalue weighted by molar-refractivity contribution is 0.644. The van der Waals surface area contributed by atoms with E-state index in [0.717, 1.165) is 42.1 Å². The van der Waals surface area contributed by atoms with Gasteiger partial charge in [-0.2, -0.15) is 0 Å². The monoisotopic (exact) mass is 276 g/mol. The second-order valence-corrected chi connectivity index (χ2v) is 5.69. The molecule has 1 saturated heterocycles. The van der Waals surface area contributed by atoms with Gasteiger partial charge in [0.15, 0.2) is 0 Å². The molecule has 0 amide bonds. The molecule has 0 aliphatic carbocycles. The van der Waals surface area contributed by atoms with Gasteiger partial charge in [-0.3, -0.25) is 0 Å². The van der Waals surface area contributed by atoms with Crippen molar-refractivity contribution in [3.05, 3.63) is 23.3 Å². The van der Waals surface area contributed by atoms with Crippen LogP contribution in [0.5, 0.6) is 0 Å². The molecule has 0 saturated carbocycles. The number of nitrogen functional groups attached to an aromatic ring is 1. The quantitative estimate of drug-likeness (QED) is 0.887. The number of hydrogen-bond acceptors (Lipinski definition) is 7. The van der Waals surface area contributed by atoms with Crippen molar-refractivity contribution in [2.75, 3.05) is 41.7 Å². The molecule has 0 bridgehead atoms. The van der Waals surface area contributed by atoms with Crippen molar-refractivity contribution < 1.29 is 0 Å². The highest BCUT2D eigenvalue weighted by Gasteiger charge is 2.20. The van der Waals surface area contributed by atoms with Crippen LogP contribution in [-0.4, -0.2) is 41.4 Å². The smallest absolute Gasteiger partial charge is 0.208 e. The zero-order chi connectivity index (χ0) is 13.2. The van der Waals surface area contributed by atoms with Crippen LogP contribution >= 0.6 is 11.3 Å². The molecule has 0 spiro atoms. The normalized spacial score (nSPS) is 15.8. The maximum Gasteiger partial charge on any atom is 0.208 e. The molecule has 100 valence electrons. The third-order valence-corrected chi connectivity index (χ3v) is 4.06. The van der Waals surface area contributed by atoms with Gasteiger partial charge in [0.05, 0.1) is 11.9 Å². The highest BCUT2D eigenvalue weighted by atomic mass is 32.1. The van der Waals surface area contributed by atoms with Crippen LogP contribution in [0.3, 0.4) is 0 Å². The van der Waals surface area contributed by atoms with Crippen molar-refractivity contribution in [2.24, 2.45) is 0 Å². The van der Waals surface area contributed by atoms with Gasteiger partial charge >= 0.3 is 0 Å². The van der Waals surface area contributed by atoms with Crippen molar-refractivity contribution >= 4 is 28.0 Å².